The van der Waals surface area contributed by atoms with E-state index in [-0.39, 0.29) is 16.7 Å². The Balaban J connectivity index is 1.16. The third kappa shape index (κ3) is 5.67. The summed E-state index contributed by atoms with van der Waals surface area (Å²) in [5.74, 6) is 0.133. The largest absolute Gasteiger partial charge is 0.335 e. The molecular weight excluding hydrogens is 540 g/mol. The van der Waals surface area contributed by atoms with Crippen LogP contribution >= 0.6 is 22.9 Å². The average molecular weight is 573 g/mol. The minimum Gasteiger partial charge on any atom is -0.335 e. The van der Waals surface area contributed by atoms with E-state index in [2.05, 4.69) is 36.1 Å². The van der Waals surface area contributed by atoms with Crippen molar-refractivity contribution in [1.29, 1.82) is 0 Å². The molecule has 2 aromatic carbocycles. The molecule has 3 heterocycles. The predicted octanol–water partition coefficient (Wildman–Crippen LogP) is 5.19. The van der Waals surface area contributed by atoms with E-state index in [1.54, 1.807) is 12.1 Å². The van der Waals surface area contributed by atoms with E-state index in [9.17, 15) is 13.2 Å². The van der Waals surface area contributed by atoms with Gasteiger partial charge in [-0.2, -0.15) is 4.31 Å². The van der Waals surface area contributed by atoms with Gasteiger partial charge >= 0.3 is 0 Å². The van der Waals surface area contributed by atoms with Gasteiger partial charge in [-0.05, 0) is 49.9 Å². The van der Waals surface area contributed by atoms with E-state index in [4.69, 9.17) is 16.6 Å². The summed E-state index contributed by atoms with van der Waals surface area (Å²) in [7, 11) is -3.59. The highest BCUT2D eigenvalue weighted by Gasteiger charge is 2.32. The Kier molecular flexibility index (Phi) is 8.21. The molecule has 2 saturated heterocycles. The van der Waals surface area contributed by atoms with E-state index in [1.807, 2.05) is 23.3 Å². The number of hydrogen-bond acceptors (Lipinski definition) is 6. The van der Waals surface area contributed by atoms with E-state index in [0.29, 0.717) is 55.8 Å². The first-order valence-corrected chi connectivity index (χ1v) is 15.7. The van der Waals surface area contributed by atoms with Crippen LogP contribution in [0.5, 0.6) is 0 Å². The van der Waals surface area contributed by atoms with Gasteiger partial charge in [0.15, 0.2) is 0 Å². The second kappa shape index (κ2) is 11.4. The third-order valence-electron chi connectivity index (χ3n) is 7.76. The van der Waals surface area contributed by atoms with E-state index >= 15 is 0 Å². The van der Waals surface area contributed by atoms with Gasteiger partial charge < -0.3 is 4.90 Å². The van der Waals surface area contributed by atoms with Gasteiger partial charge in [0.05, 0.1) is 9.90 Å². The molecule has 2 fully saturated rings. The summed E-state index contributed by atoms with van der Waals surface area (Å²) in [5.41, 5.74) is 2.64. The van der Waals surface area contributed by atoms with Crippen LogP contribution in [-0.2, 0) is 10.0 Å². The van der Waals surface area contributed by atoms with Crippen molar-refractivity contribution in [2.45, 2.75) is 43.5 Å². The van der Waals surface area contributed by atoms with Crippen molar-refractivity contribution in [2.24, 2.45) is 0 Å². The number of rotatable bonds is 6. The molecule has 0 saturated carbocycles. The van der Waals surface area contributed by atoms with Crippen LogP contribution in [0.4, 0.5) is 0 Å². The lowest BCUT2D eigenvalue weighted by molar-refractivity contribution is 0.0577. The number of benzene rings is 2. The standard InChI is InChI=1S/C28H33ClN4O3S2/c1-20-8-9-24(18-25(20)29)38(35,36)33-12-10-23(11-13-33)27-30-26(19-37-27)28(34)32-16-14-31(15-17-32)21(2)22-6-4-3-5-7-22/h3-9,18-19,21,23H,10-17H2,1-2H3. The minimum absolute atomic E-state index is 0.0178. The zero-order chi connectivity index (χ0) is 26.9. The Morgan fingerprint density at radius 2 is 1.71 bits per heavy atom. The van der Waals surface area contributed by atoms with Gasteiger partial charge in [-0.25, -0.2) is 13.4 Å². The van der Waals surface area contributed by atoms with Gasteiger partial charge in [0, 0.05) is 61.6 Å². The van der Waals surface area contributed by atoms with Crippen LogP contribution in [0.1, 0.15) is 58.3 Å². The molecule has 0 aliphatic carbocycles. The van der Waals surface area contributed by atoms with Crippen molar-refractivity contribution in [1.82, 2.24) is 19.1 Å². The molecule has 10 heteroatoms. The highest BCUT2D eigenvalue weighted by molar-refractivity contribution is 7.89. The minimum atomic E-state index is -3.59. The first-order valence-electron chi connectivity index (χ1n) is 13.0. The number of carbonyl (C=O) groups is 1. The van der Waals surface area contributed by atoms with Crippen molar-refractivity contribution in [3.05, 3.63) is 80.8 Å². The topological polar surface area (TPSA) is 73.8 Å². The highest BCUT2D eigenvalue weighted by Crippen LogP contribution is 2.33. The van der Waals surface area contributed by atoms with Crippen LogP contribution < -0.4 is 0 Å². The van der Waals surface area contributed by atoms with Crippen LogP contribution in [0.3, 0.4) is 0 Å². The maximum atomic E-state index is 13.2. The van der Waals surface area contributed by atoms with Crippen LogP contribution in [-0.4, -0.2) is 72.7 Å². The Bertz CT molecular complexity index is 1380. The normalized spacial score (nSPS) is 19.0. The number of aryl methyl sites for hydroxylation is 1. The average Bonchev–Trinajstić information content (AvgIpc) is 3.45. The molecule has 2 aliphatic heterocycles. The van der Waals surface area contributed by atoms with E-state index < -0.39 is 10.0 Å². The zero-order valence-electron chi connectivity index (χ0n) is 21.7. The summed E-state index contributed by atoms with van der Waals surface area (Å²) < 4.78 is 27.7. The molecule has 202 valence electrons. The molecular formula is C28H33ClN4O3S2. The molecule has 0 N–H and O–H groups in total. The molecule has 0 spiro atoms. The zero-order valence-corrected chi connectivity index (χ0v) is 24.1. The number of aromatic nitrogens is 1. The molecule has 1 unspecified atom stereocenters. The Morgan fingerprint density at radius 1 is 1.03 bits per heavy atom. The Hall–Kier alpha value is -2.30. The van der Waals surface area contributed by atoms with Crippen molar-refractivity contribution in [2.75, 3.05) is 39.3 Å². The summed E-state index contributed by atoms with van der Waals surface area (Å²) in [6, 6.07) is 15.7. The lowest BCUT2D eigenvalue weighted by atomic mass is 9.99. The number of sulfonamides is 1. The summed E-state index contributed by atoms with van der Waals surface area (Å²) in [4.78, 5) is 22.4. The van der Waals surface area contributed by atoms with Gasteiger partial charge in [-0.1, -0.05) is 48.0 Å². The van der Waals surface area contributed by atoms with Crippen LogP contribution in [0, 0.1) is 6.92 Å². The Labute approximate surface area is 234 Å². The van der Waals surface area contributed by atoms with Crippen LogP contribution in [0.25, 0.3) is 0 Å². The Morgan fingerprint density at radius 3 is 2.37 bits per heavy atom. The predicted molar refractivity (Wildman–Crippen MR) is 151 cm³/mol. The molecule has 3 aromatic rings. The monoisotopic (exact) mass is 572 g/mol. The lowest BCUT2D eigenvalue weighted by Gasteiger charge is -2.38. The van der Waals surface area contributed by atoms with Crippen molar-refractivity contribution in [3.8, 4) is 0 Å². The smallest absolute Gasteiger partial charge is 0.273 e. The van der Waals surface area contributed by atoms with Gasteiger partial charge in [-0.15, -0.1) is 11.3 Å². The van der Waals surface area contributed by atoms with E-state index in [1.165, 1.54) is 27.3 Å². The molecule has 7 nitrogen and oxygen atoms in total. The first kappa shape index (κ1) is 27.3. The molecule has 0 bridgehead atoms. The number of hydrogen-bond donors (Lipinski definition) is 0. The highest BCUT2D eigenvalue weighted by atomic mass is 35.5. The van der Waals surface area contributed by atoms with Gasteiger partial charge in [0.1, 0.15) is 5.69 Å². The van der Waals surface area contributed by atoms with Crippen molar-refractivity contribution in [3.63, 3.8) is 0 Å². The summed E-state index contributed by atoms with van der Waals surface area (Å²) in [6.07, 6.45) is 1.35. The maximum Gasteiger partial charge on any atom is 0.273 e. The molecule has 1 amide bonds. The van der Waals surface area contributed by atoms with Gasteiger partial charge in [0.2, 0.25) is 10.0 Å². The molecule has 5 rings (SSSR count). The second-order valence-corrected chi connectivity index (χ2v) is 13.3. The fourth-order valence-electron chi connectivity index (χ4n) is 5.22. The third-order valence-corrected chi connectivity index (χ3v) is 11.1. The number of carbonyl (C=O) groups excluding carboxylic acids is 1. The fourth-order valence-corrected chi connectivity index (χ4v) is 7.92. The molecule has 38 heavy (non-hydrogen) atoms. The second-order valence-electron chi connectivity index (χ2n) is 10.1. The van der Waals surface area contributed by atoms with Gasteiger partial charge in [-0.3, -0.25) is 9.69 Å². The van der Waals surface area contributed by atoms with E-state index in [0.717, 1.165) is 23.7 Å². The summed E-state index contributed by atoms with van der Waals surface area (Å²) in [6.45, 7) is 7.93. The van der Waals surface area contributed by atoms with Crippen LogP contribution in [0.2, 0.25) is 5.02 Å². The first-order chi connectivity index (χ1) is 18.2. The number of thiazole rings is 1. The molecule has 1 aromatic heterocycles. The number of halogens is 1. The number of piperidine rings is 1. The quantitative estimate of drug-likeness (QED) is 0.406. The summed E-state index contributed by atoms with van der Waals surface area (Å²) >= 11 is 7.67. The fraction of sp³-hybridized carbons (Fsp3) is 0.429. The number of amides is 1. The molecule has 2 aliphatic rings. The molecule has 1 atom stereocenters. The van der Waals surface area contributed by atoms with Crippen LogP contribution in [0.15, 0.2) is 58.8 Å². The molecule has 0 radical (unpaired) electrons. The summed E-state index contributed by atoms with van der Waals surface area (Å²) in [5, 5.41) is 3.22. The SMILES string of the molecule is Cc1ccc(S(=O)(=O)N2CCC(c3nc(C(=O)N4CCN(C(C)c5ccccc5)CC4)cs3)CC2)cc1Cl. The maximum absolute atomic E-state index is 13.2. The van der Waals surface area contributed by atoms with Crippen molar-refractivity contribution < 1.29 is 13.2 Å². The number of piperazine rings is 1. The van der Waals surface area contributed by atoms with Crippen molar-refractivity contribution >= 4 is 38.9 Å². The van der Waals surface area contributed by atoms with Gasteiger partial charge in [0.25, 0.3) is 5.91 Å². The lowest BCUT2D eigenvalue weighted by Crippen LogP contribution is -2.49. The number of nitrogens with zero attached hydrogens (tertiary/aromatic N) is 4.